The molecule has 2 atom stereocenters. The minimum Gasteiger partial charge on any atom is -0.465 e. The van der Waals surface area contributed by atoms with Gasteiger partial charge in [-0.1, -0.05) is 30.3 Å². The van der Waals surface area contributed by atoms with Gasteiger partial charge in [-0.25, -0.2) is 9.80 Å². The van der Waals surface area contributed by atoms with E-state index in [1.807, 2.05) is 35.3 Å². The van der Waals surface area contributed by atoms with Gasteiger partial charge < -0.3 is 9.47 Å². The summed E-state index contributed by atoms with van der Waals surface area (Å²) in [7, 11) is 0. The fraction of sp³-hybridized carbons (Fsp3) is 0.500. The van der Waals surface area contributed by atoms with Crippen molar-refractivity contribution < 1.29 is 23.9 Å². The zero-order valence-corrected chi connectivity index (χ0v) is 17.2. The first-order valence-corrected chi connectivity index (χ1v) is 10.1. The number of hydrogen-bond acceptors (Lipinski definition) is 6. The molecule has 3 rings (SSSR count). The fourth-order valence-corrected chi connectivity index (χ4v) is 4.19. The Labute approximate surface area is 171 Å². The molecule has 0 radical (unpaired) electrons. The third-order valence-corrected chi connectivity index (χ3v) is 5.51. The van der Waals surface area contributed by atoms with E-state index in [4.69, 9.17) is 9.47 Å². The topological polar surface area (TPSA) is 76.2 Å². The molecule has 1 aromatic carbocycles. The summed E-state index contributed by atoms with van der Waals surface area (Å²) in [6.07, 6.45) is 0.719. The van der Waals surface area contributed by atoms with E-state index >= 15 is 0 Å². The van der Waals surface area contributed by atoms with Crippen molar-refractivity contribution in [3.8, 4) is 0 Å². The van der Waals surface area contributed by atoms with E-state index in [2.05, 4.69) is 0 Å². The zero-order valence-electron chi connectivity index (χ0n) is 17.2. The summed E-state index contributed by atoms with van der Waals surface area (Å²) in [6, 6.07) is 9.17. The molecule has 2 aliphatic heterocycles. The summed E-state index contributed by atoms with van der Waals surface area (Å²) >= 11 is 0. The third-order valence-electron chi connectivity index (χ3n) is 5.51. The number of nitrogens with zero attached hydrogens (tertiary/aromatic N) is 2. The van der Waals surface area contributed by atoms with E-state index in [0.717, 1.165) is 5.56 Å². The number of esters is 2. The van der Waals surface area contributed by atoms with Crippen LogP contribution in [-0.2, 0) is 23.9 Å². The van der Waals surface area contributed by atoms with Gasteiger partial charge in [0.15, 0.2) is 0 Å². The minimum atomic E-state index is -0.717. The van der Waals surface area contributed by atoms with E-state index in [0.29, 0.717) is 37.1 Å². The lowest BCUT2D eigenvalue weighted by molar-refractivity contribution is -0.157. The van der Waals surface area contributed by atoms with Crippen LogP contribution in [0.2, 0.25) is 0 Å². The second-order valence-electron chi connectivity index (χ2n) is 7.15. The van der Waals surface area contributed by atoms with Crippen LogP contribution in [0.25, 0.3) is 0 Å². The molecule has 156 valence electrons. The smallest absolute Gasteiger partial charge is 0.334 e. The maximum absolute atomic E-state index is 13.1. The average molecular weight is 400 g/mol. The van der Waals surface area contributed by atoms with E-state index in [1.54, 1.807) is 25.8 Å². The molecule has 7 nitrogen and oxygen atoms in total. The molecule has 7 heteroatoms. The van der Waals surface area contributed by atoms with E-state index < -0.39 is 23.9 Å². The van der Waals surface area contributed by atoms with Gasteiger partial charge in [0.05, 0.1) is 25.2 Å². The Morgan fingerprint density at radius 1 is 1.03 bits per heavy atom. The summed E-state index contributed by atoms with van der Waals surface area (Å²) < 4.78 is 10.7. The maximum atomic E-state index is 13.1. The second kappa shape index (κ2) is 9.22. The van der Waals surface area contributed by atoms with Gasteiger partial charge in [-0.05, 0) is 38.3 Å². The molecule has 1 fully saturated rings. The second-order valence-corrected chi connectivity index (χ2v) is 7.15. The number of carbonyl (C=O) groups excluding carboxylic acids is 3. The van der Waals surface area contributed by atoms with Crippen molar-refractivity contribution in [2.24, 2.45) is 5.92 Å². The van der Waals surface area contributed by atoms with Crippen LogP contribution >= 0.6 is 0 Å². The molecule has 0 saturated carbocycles. The minimum absolute atomic E-state index is 0.00342. The fourth-order valence-electron chi connectivity index (χ4n) is 4.19. The first-order valence-electron chi connectivity index (χ1n) is 10.1. The van der Waals surface area contributed by atoms with Crippen LogP contribution in [0.15, 0.2) is 41.5 Å². The van der Waals surface area contributed by atoms with Gasteiger partial charge >= 0.3 is 11.9 Å². The van der Waals surface area contributed by atoms with Crippen molar-refractivity contribution in [2.45, 2.75) is 39.7 Å². The molecule has 0 aromatic heterocycles. The Kier molecular flexibility index (Phi) is 6.69. The molecular formula is C22H28N2O5. The van der Waals surface area contributed by atoms with Gasteiger partial charge in [-0.3, -0.25) is 14.6 Å². The number of hydrazine groups is 1. The summed E-state index contributed by atoms with van der Waals surface area (Å²) in [5.74, 6) is -1.56. The number of ether oxygens (including phenoxy) is 2. The summed E-state index contributed by atoms with van der Waals surface area (Å²) in [5, 5.41) is 3.64. The SMILES string of the molecule is CCOC(=O)/C1=C(\C)[C@H](C(=O)OCC)[C@@H](c2ccccc2)N2CCC(=O)N2CC1. The quantitative estimate of drug-likeness (QED) is 0.708. The molecule has 2 heterocycles. The van der Waals surface area contributed by atoms with Crippen LogP contribution in [0.3, 0.4) is 0 Å². The van der Waals surface area contributed by atoms with E-state index in [9.17, 15) is 14.4 Å². The van der Waals surface area contributed by atoms with Crippen molar-refractivity contribution in [2.75, 3.05) is 26.3 Å². The van der Waals surface area contributed by atoms with Crippen molar-refractivity contribution in [3.05, 3.63) is 47.0 Å². The van der Waals surface area contributed by atoms with E-state index in [1.165, 1.54) is 0 Å². The van der Waals surface area contributed by atoms with Crippen molar-refractivity contribution in [1.82, 2.24) is 10.0 Å². The Morgan fingerprint density at radius 3 is 2.38 bits per heavy atom. The first-order chi connectivity index (χ1) is 14.0. The van der Waals surface area contributed by atoms with Crippen LogP contribution in [0.4, 0.5) is 0 Å². The number of hydrogen-bond donors (Lipinski definition) is 0. The molecule has 0 bridgehead atoms. The molecule has 0 aliphatic carbocycles. The van der Waals surface area contributed by atoms with Crippen molar-refractivity contribution in [3.63, 3.8) is 0 Å². The number of rotatable bonds is 5. The largest absolute Gasteiger partial charge is 0.465 e. The standard InChI is InChI=1S/C22H28N2O5/c1-4-28-21(26)17-11-13-23-18(25)12-14-24(23)20(16-9-7-6-8-10-16)19(15(17)3)22(27)29-5-2/h6-10,19-20H,4-5,11-14H2,1-3H3/b17-15+/t19-,20+/m0/s1. The number of carbonyl (C=O) groups is 3. The van der Waals surface area contributed by atoms with Crippen LogP contribution in [-0.4, -0.2) is 54.2 Å². The molecule has 1 amide bonds. The molecule has 0 N–H and O–H groups in total. The Morgan fingerprint density at radius 2 is 1.72 bits per heavy atom. The first kappa shape index (κ1) is 21.0. The zero-order chi connectivity index (χ0) is 21.0. The molecule has 29 heavy (non-hydrogen) atoms. The summed E-state index contributed by atoms with van der Waals surface area (Å²) in [4.78, 5) is 38.4. The lowest BCUT2D eigenvalue weighted by Crippen LogP contribution is -2.48. The molecule has 1 saturated heterocycles. The summed E-state index contributed by atoms with van der Waals surface area (Å²) in [5.41, 5.74) is 2.00. The summed E-state index contributed by atoms with van der Waals surface area (Å²) in [6.45, 7) is 6.70. The lowest BCUT2D eigenvalue weighted by Gasteiger charge is -2.41. The van der Waals surface area contributed by atoms with Gasteiger partial charge in [-0.2, -0.15) is 0 Å². The van der Waals surface area contributed by atoms with Crippen LogP contribution in [0, 0.1) is 5.92 Å². The number of amides is 1. The van der Waals surface area contributed by atoms with Gasteiger partial charge in [0.25, 0.3) is 0 Å². The normalized spacial score (nSPS) is 25.2. The Bertz CT molecular complexity index is 805. The highest BCUT2D eigenvalue weighted by Gasteiger charge is 2.45. The molecule has 0 unspecified atom stereocenters. The molecule has 1 aromatic rings. The van der Waals surface area contributed by atoms with Gasteiger partial charge in [-0.15, -0.1) is 0 Å². The predicted molar refractivity (Wildman–Crippen MR) is 106 cm³/mol. The number of benzene rings is 1. The van der Waals surface area contributed by atoms with Crippen molar-refractivity contribution in [1.29, 1.82) is 0 Å². The van der Waals surface area contributed by atoms with Gasteiger partial charge in [0, 0.05) is 25.1 Å². The van der Waals surface area contributed by atoms with E-state index in [-0.39, 0.29) is 19.1 Å². The van der Waals surface area contributed by atoms with Crippen LogP contribution < -0.4 is 0 Å². The monoisotopic (exact) mass is 400 g/mol. The Balaban J connectivity index is 2.18. The Hall–Kier alpha value is -2.67. The highest BCUT2D eigenvalue weighted by Crippen LogP contribution is 2.41. The predicted octanol–water partition coefficient (Wildman–Crippen LogP) is 2.64. The molecule has 2 aliphatic rings. The molecular weight excluding hydrogens is 372 g/mol. The van der Waals surface area contributed by atoms with Gasteiger partial charge in [0.2, 0.25) is 5.91 Å². The highest BCUT2D eigenvalue weighted by atomic mass is 16.5. The number of fused-ring (bicyclic) bond motifs is 1. The van der Waals surface area contributed by atoms with Gasteiger partial charge in [0.1, 0.15) is 0 Å². The average Bonchev–Trinajstić information content (AvgIpc) is 3.05. The lowest BCUT2D eigenvalue weighted by atomic mass is 9.83. The van der Waals surface area contributed by atoms with Crippen LogP contribution in [0.5, 0.6) is 0 Å². The van der Waals surface area contributed by atoms with Crippen LogP contribution in [0.1, 0.15) is 45.2 Å². The maximum Gasteiger partial charge on any atom is 0.334 e. The van der Waals surface area contributed by atoms with Crippen molar-refractivity contribution >= 4 is 17.8 Å². The third kappa shape index (κ3) is 4.19. The highest BCUT2D eigenvalue weighted by molar-refractivity contribution is 5.91. The molecule has 0 spiro atoms.